The minimum absolute atomic E-state index is 0.189. The number of carboxylic acid groups (broad SMARTS) is 1. The predicted molar refractivity (Wildman–Crippen MR) is 176 cm³/mol. The molecule has 0 bridgehead atoms. The van der Waals surface area contributed by atoms with Gasteiger partial charge in [-0.15, -0.1) is 0 Å². The molecule has 45 heavy (non-hydrogen) atoms. The molecule has 7 nitrogen and oxygen atoms in total. The summed E-state index contributed by atoms with van der Waals surface area (Å²) in [4.78, 5) is 13.2. The molecule has 4 aromatic rings. The maximum Gasteiger partial charge on any atom is 0.337 e. The van der Waals surface area contributed by atoms with E-state index in [1.54, 1.807) is 12.1 Å². The first kappa shape index (κ1) is 30.9. The Bertz CT molecular complexity index is 1840. The van der Waals surface area contributed by atoms with E-state index in [2.05, 4.69) is 6.07 Å². The third-order valence-corrected chi connectivity index (χ3v) is 10.2. The second-order valence-electron chi connectivity index (χ2n) is 12.8. The first-order valence-corrected chi connectivity index (χ1v) is 16.9. The summed E-state index contributed by atoms with van der Waals surface area (Å²) >= 11 is 0. The molecule has 0 amide bonds. The maximum atomic E-state index is 14.2. The number of fused-ring (bicyclic) bond motifs is 2. The molecule has 0 spiro atoms. The van der Waals surface area contributed by atoms with Crippen LogP contribution < -0.4 is 9.04 Å². The summed E-state index contributed by atoms with van der Waals surface area (Å²) in [6, 6.07) is 24.6. The van der Waals surface area contributed by atoms with Gasteiger partial charge in [-0.1, -0.05) is 48.5 Å². The molecular weight excluding hydrogens is 586 g/mol. The van der Waals surface area contributed by atoms with Crippen molar-refractivity contribution >= 4 is 21.7 Å². The van der Waals surface area contributed by atoms with Crippen LogP contribution >= 0.6 is 0 Å². The van der Waals surface area contributed by atoms with E-state index in [9.17, 15) is 18.3 Å². The second kappa shape index (κ2) is 12.0. The van der Waals surface area contributed by atoms with Crippen LogP contribution in [0.15, 0.2) is 83.8 Å². The van der Waals surface area contributed by atoms with E-state index in [0.717, 1.165) is 52.0 Å². The van der Waals surface area contributed by atoms with E-state index in [1.165, 1.54) is 4.31 Å². The quantitative estimate of drug-likeness (QED) is 0.226. The molecule has 8 heteroatoms. The van der Waals surface area contributed by atoms with E-state index in [0.29, 0.717) is 42.8 Å². The van der Waals surface area contributed by atoms with Crippen molar-refractivity contribution in [1.82, 2.24) is 0 Å². The molecule has 0 fully saturated rings. The zero-order valence-corrected chi connectivity index (χ0v) is 27.0. The number of hydrogen-bond acceptors (Lipinski definition) is 5. The number of carbonyl (C=O) groups is 1. The molecule has 2 aliphatic heterocycles. The van der Waals surface area contributed by atoms with Crippen LogP contribution in [-0.4, -0.2) is 38.2 Å². The monoisotopic (exact) mass is 625 g/mol. The average Bonchev–Trinajstić information content (AvgIpc) is 3.02. The van der Waals surface area contributed by atoms with Crippen molar-refractivity contribution in [2.45, 2.75) is 70.0 Å². The standard InChI is InChI=1S/C37H39NO6S/c1-24-22-31-30(13-8-20-38(31)45(41,42)29-17-14-26(15-18-29)25-10-6-5-7-11-25)34(35(36(39)40)44-37(2,3)4)33(24)28-16-19-32-27(23-28)12-9-21-43-32/h5-7,10-11,14-19,22-23,35H,8-9,12-13,20-21H2,1-4H3,(H,39,40). The number of nitrogens with zero attached hydrogens (tertiary/aromatic N) is 1. The molecule has 6 rings (SSSR count). The normalized spacial score (nSPS) is 15.5. The Morgan fingerprint density at radius 2 is 1.60 bits per heavy atom. The Morgan fingerprint density at radius 3 is 2.29 bits per heavy atom. The molecule has 1 atom stereocenters. The summed E-state index contributed by atoms with van der Waals surface area (Å²) in [7, 11) is -3.95. The molecule has 0 aliphatic carbocycles. The average molecular weight is 626 g/mol. The van der Waals surface area contributed by atoms with Crippen molar-refractivity contribution in [2.75, 3.05) is 17.5 Å². The van der Waals surface area contributed by atoms with Crippen LogP contribution in [0.25, 0.3) is 22.3 Å². The first-order chi connectivity index (χ1) is 21.4. The van der Waals surface area contributed by atoms with Crippen LogP contribution in [-0.2, 0) is 32.4 Å². The SMILES string of the molecule is Cc1cc2c(c(C(OC(C)(C)C)C(=O)O)c1-c1ccc3c(c1)CCCO3)CCCN2S(=O)(=O)c1ccc(-c2ccccc2)cc1. The van der Waals surface area contributed by atoms with E-state index in [1.807, 2.05) is 88.4 Å². The molecular formula is C37H39NO6S. The molecule has 2 heterocycles. The van der Waals surface area contributed by atoms with Gasteiger partial charge in [0.1, 0.15) is 5.75 Å². The maximum absolute atomic E-state index is 14.2. The molecule has 0 radical (unpaired) electrons. The molecule has 0 saturated heterocycles. The molecule has 234 valence electrons. The van der Waals surface area contributed by atoms with Gasteiger partial charge < -0.3 is 14.6 Å². The minimum Gasteiger partial charge on any atom is -0.493 e. The Morgan fingerprint density at radius 1 is 0.911 bits per heavy atom. The largest absolute Gasteiger partial charge is 0.493 e. The number of anilines is 1. The highest BCUT2D eigenvalue weighted by atomic mass is 32.2. The van der Waals surface area contributed by atoms with Crippen LogP contribution in [0.1, 0.15) is 62.0 Å². The minimum atomic E-state index is -3.95. The zero-order chi connectivity index (χ0) is 31.9. The molecule has 0 saturated carbocycles. The van der Waals surface area contributed by atoms with Crippen LogP contribution in [0.5, 0.6) is 5.75 Å². The van der Waals surface area contributed by atoms with Gasteiger partial charge >= 0.3 is 5.97 Å². The lowest BCUT2D eigenvalue weighted by atomic mass is 9.83. The van der Waals surface area contributed by atoms with Gasteiger partial charge in [0.2, 0.25) is 0 Å². The Kier molecular flexibility index (Phi) is 8.22. The molecule has 1 unspecified atom stereocenters. The predicted octanol–water partition coefficient (Wildman–Crippen LogP) is 7.74. The van der Waals surface area contributed by atoms with E-state index < -0.39 is 27.7 Å². The van der Waals surface area contributed by atoms with Gasteiger partial charge in [0.05, 0.1) is 22.8 Å². The number of aliphatic carboxylic acids is 1. The van der Waals surface area contributed by atoms with Gasteiger partial charge in [0.25, 0.3) is 10.0 Å². The third kappa shape index (κ3) is 6.09. The van der Waals surface area contributed by atoms with Crippen molar-refractivity contribution in [2.24, 2.45) is 0 Å². The number of benzene rings is 4. The number of rotatable bonds is 7. The Balaban J connectivity index is 1.51. The van der Waals surface area contributed by atoms with Crippen LogP contribution in [0.2, 0.25) is 0 Å². The van der Waals surface area contributed by atoms with Crippen molar-refractivity contribution < 1.29 is 27.8 Å². The summed E-state index contributed by atoms with van der Waals surface area (Å²) in [6.45, 7) is 8.38. The number of hydrogen-bond donors (Lipinski definition) is 1. The van der Waals surface area contributed by atoms with Crippen molar-refractivity contribution in [1.29, 1.82) is 0 Å². The van der Waals surface area contributed by atoms with Gasteiger partial charge in [0.15, 0.2) is 6.10 Å². The van der Waals surface area contributed by atoms with Gasteiger partial charge in [0, 0.05) is 12.1 Å². The van der Waals surface area contributed by atoms with Gasteiger partial charge in [-0.2, -0.15) is 0 Å². The van der Waals surface area contributed by atoms with E-state index in [4.69, 9.17) is 9.47 Å². The Hall–Kier alpha value is -4.14. The summed E-state index contributed by atoms with van der Waals surface area (Å²) in [6.07, 6.45) is 1.56. The van der Waals surface area contributed by atoms with Crippen LogP contribution in [0.3, 0.4) is 0 Å². The number of carboxylic acids is 1. The van der Waals surface area contributed by atoms with Gasteiger partial charge in [-0.3, -0.25) is 4.31 Å². The first-order valence-electron chi connectivity index (χ1n) is 15.5. The highest BCUT2D eigenvalue weighted by molar-refractivity contribution is 7.92. The molecule has 1 N–H and O–H groups in total. The lowest BCUT2D eigenvalue weighted by Gasteiger charge is -2.36. The van der Waals surface area contributed by atoms with Crippen molar-refractivity contribution in [3.05, 3.63) is 101 Å². The molecule has 0 aromatic heterocycles. The van der Waals surface area contributed by atoms with E-state index in [-0.39, 0.29) is 4.90 Å². The third-order valence-electron chi connectivity index (χ3n) is 8.41. The van der Waals surface area contributed by atoms with Crippen molar-refractivity contribution in [3.8, 4) is 28.0 Å². The fourth-order valence-electron chi connectivity index (χ4n) is 6.47. The highest BCUT2D eigenvalue weighted by Gasteiger charge is 2.38. The lowest BCUT2D eigenvalue weighted by molar-refractivity contribution is -0.160. The van der Waals surface area contributed by atoms with Gasteiger partial charge in [-0.25, -0.2) is 13.2 Å². The van der Waals surface area contributed by atoms with E-state index >= 15 is 0 Å². The summed E-state index contributed by atoms with van der Waals surface area (Å²) in [5.74, 6) is -0.268. The van der Waals surface area contributed by atoms with Crippen molar-refractivity contribution in [3.63, 3.8) is 0 Å². The molecule has 4 aromatic carbocycles. The lowest BCUT2D eigenvalue weighted by Crippen LogP contribution is -2.37. The van der Waals surface area contributed by atoms with Crippen LogP contribution in [0.4, 0.5) is 5.69 Å². The number of aryl methyl sites for hydroxylation is 2. The Labute approximate surface area is 265 Å². The highest BCUT2D eigenvalue weighted by Crippen LogP contribution is 2.46. The summed E-state index contributed by atoms with van der Waals surface area (Å²) < 4.78 is 42.0. The summed E-state index contributed by atoms with van der Waals surface area (Å²) in [5, 5.41) is 10.6. The van der Waals surface area contributed by atoms with Crippen LogP contribution in [0, 0.1) is 6.92 Å². The fourth-order valence-corrected chi connectivity index (χ4v) is 8.00. The smallest absolute Gasteiger partial charge is 0.337 e. The summed E-state index contributed by atoms with van der Waals surface area (Å²) in [5.41, 5.74) is 6.39. The van der Waals surface area contributed by atoms with Gasteiger partial charge in [-0.05, 0) is 123 Å². The second-order valence-corrected chi connectivity index (χ2v) is 14.6. The zero-order valence-electron chi connectivity index (χ0n) is 26.2. The molecule has 2 aliphatic rings. The number of ether oxygens (including phenoxy) is 2. The number of sulfonamides is 1. The topological polar surface area (TPSA) is 93.1 Å². The fraction of sp³-hybridized carbons (Fsp3) is 0.324.